The summed E-state index contributed by atoms with van der Waals surface area (Å²) in [4.78, 5) is 11.8. The molecule has 0 spiro atoms. The van der Waals surface area contributed by atoms with Crippen molar-refractivity contribution in [3.8, 4) is 5.88 Å². The standard InChI is InChI=1S/C15H16N2O3/c1-11-6-7-13(12(2)9-11)16-14(18)10-20-15-5-3-4-8-17(15)19/h3-9H,10H2,1-2H3,(H,16,18). The predicted octanol–water partition coefficient (Wildman–Crippen LogP) is 1.95. The highest BCUT2D eigenvalue weighted by Gasteiger charge is 2.09. The Kier molecular flexibility index (Phi) is 4.20. The van der Waals surface area contributed by atoms with E-state index >= 15 is 0 Å². The zero-order chi connectivity index (χ0) is 14.5. The molecule has 2 rings (SSSR count). The summed E-state index contributed by atoms with van der Waals surface area (Å²) in [5.74, 6) is -0.205. The monoisotopic (exact) mass is 272 g/mol. The van der Waals surface area contributed by atoms with E-state index in [9.17, 15) is 10.0 Å². The van der Waals surface area contributed by atoms with Gasteiger partial charge in [0.1, 0.15) is 0 Å². The number of amides is 1. The highest BCUT2D eigenvalue weighted by molar-refractivity contribution is 5.92. The highest BCUT2D eigenvalue weighted by atomic mass is 16.6. The van der Waals surface area contributed by atoms with Crippen LogP contribution in [0.5, 0.6) is 5.88 Å². The van der Waals surface area contributed by atoms with Crippen LogP contribution in [0.15, 0.2) is 42.6 Å². The molecule has 104 valence electrons. The fourth-order valence-corrected chi connectivity index (χ4v) is 1.80. The van der Waals surface area contributed by atoms with E-state index < -0.39 is 0 Å². The summed E-state index contributed by atoms with van der Waals surface area (Å²) >= 11 is 0. The third-order valence-electron chi connectivity index (χ3n) is 2.80. The first-order chi connectivity index (χ1) is 9.56. The van der Waals surface area contributed by atoms with E-state index in [1.165, 1.54) is 12.3 Å². The highest BCUT2D eigenvalue weighted by Crippen LogP contribution is 2.15. The topological polar surface area (TPSA) is 65.3 Å². The maximum Gasteiger partial charge on any atom is 0.379 e. The number of nitrogens with zero attached hydrogens (tertiary/aromatic N) is 1. The van der Waals surface area contributed by atoms with Gasteiger partial charge in [0.15, 0.2) is 12.8 Å². The molecule has 0 unspecified atom stereocenters. The van der Waals surface area contributed by atoms with Crippen molar-refractivity contribution in [1.29, 1.82) is 0 Å². The summed E-state index contributed by atoms with van der Waals surface area (Å²) < 4.78 is 5.75. The fourth-order valence-electron chi connectivity index (χ4n) is 1.80. The fraction of sp³-hybridized carbons (Fsp3) is 0.200. The first-order valence-corrected chi connectivity index (χ1v) is 6.24. The van der Waals surface area contributed by atoms with Gasteiger partial charge in [-0.05, 0) is 31.5 Å². The molecule has 20 heavy (non-hydrogen) atoms. The van der Waals surface area contributed by atoms with Crippen LogP contribution < -0.4 is 14.8 Å². The van der Waals surface area contributed by atoms with Crippen molar-refractivity contribution in [2.24, 2.45) is 0 Å². The summed E-state index contributed by atoms with van der Waals surface area (Å²) in [6.45, 7) is 3.70. The molecule has 1 aromatic carbocycles. The lowest BCUT2D eigenvalue weighted by atomic mass is 10.1. The minimum Gasteiger partial charge on any atom is -0.616 e. The number of hydrogen-bond acceptors (Lipinski definition) is 3. The summed E-state index contributed by atoms with van der Waals surface area (Å²) in [7, 11) is 0. The van der Waals surface area contributed by atoms with Gasteiger partial charge in [0.05, 0.1) is 6.07 Å². The molecule has 0 saturated heterocycles. The van der Waals surface area contributed by atoms with E-state index in [1.54, 1.807) is 12.1 Å². The van der Waals surface area contributed by atoms with Crippen molar-refractivity contribution in [3.05, 3.63) is 58.9 Å². The largest absolute Gasteiger partial charge is 0.616 e. The second-order valence-corrected chi connectivity index (χ2v) is 4.52. The molecule has 0 bridgehead atoms. The van der Waals surface area contributed by atoms with Gasteiger partial charge >= 0.3 is 5.88 Å². The van der Waals surface area contributed by atoms with Gasteiger partial charge in [-0.2, -0.15) is 0 Å². The van der Waals surface area contributed by atoms with E-state index in [-0.39, 0.29) is 18.4 Å². The maximum atomic E-state index is 11.8. The molecule has 5 nitrogen and oxygen atoms in total. The Morgan fingerprint density at radius 1 is 1.30 bits per heavy atom. The Bertz CT molecular complexity index is 626. The lowest BCUT2D eigenvalue weighted by Crippen LogP contribution is -2.30. The number of benzene rings is 1. The molecule has 1 N–H and O–H groups in total. The van der Waals surface area contributed by atoms with Crippen LogP contribution in [0.3, 0.4) is 0 Å². The summed E-state index contributed by atoms with van der Waals surface area (Å²) in [5, 5.41) is 14.1. The Balaban J connectivity index is 1.94. The van der Waals surface area contributed by atoms with Crippen LogP contribution in [0.2, 0.25) is 0 Å². The average molecular weight is 272 g/mol. The van der Waals surface area contributed by atoms with Gasteiger partial charge in [-0.3, -0.25) is 4.79 Å². The van der Waals surface area contributed by atoms with Crippen LogP contribution in [0.25, 0.3) is 0 Å². The van der Waals surface area contributed by atoms with E-state index in [4.69, 9.17) is 4.74 Å². The SMILES string of the molecule is Cc1ccc(NC(=O)COc2cccc[n+]2[O-])c(C)c1. The maximum absolute atomic E-state index is 11.8. The lowest BCUT2D eigenvalue weighted by Gasteiger charge is -2.09. The molecule has 5 heteroatoms. The quantitative estimate of drug-likeness (QED) is 0.683. The second kappa shape index (κ2) is 6.06. The molecule has 0 aliphatic rings. The number of hydrogen-bond donors (Lipinski definition) is 1. The molecule has 0 radical (unpaired) electrons. The molecule has 0 aliphatic carbocycles. The average Bonchev–Trinajstić information content (AvgIpc) is 2.41. The van der Waals surface area contributed by atoms with Crippen LogP contribution in [0.4, 0.5) is 5.69 Å². The third kappa shape index (κ3) is 3.47. The van der Waals surface area contributed by atoms with Gasteiger partial charge in [0, 0.05) is 11.8 Å². The Morgan fingerprint density at radius 2 is 2.10 bits per heavy atom. The normalized spacial score (nSPS) is 10.1. The van der Waals surface area contributed by atoms with Crippen LogP contribution in [0, 0.1) is 19.1 Å². The minimum absolute atomic E-state index is 0.100. The minimum atomic E-state index is -0.305. The van der Waals surface area contributed by atoms with Gasteiger partial charge in [-0.1, -0.05) is 17.7 Å². The first kappa shape index (κ1) is 13.9. The van der Waals surface area contributed by atoms with Crippen LogP contribution in [-0.2, 0) is 4.79 Å². The van der Waals surface area contributed by atoms with Crippen LogP contribution >= 0.6 is 0 Å². The number of anilines is 1. The van der Waals surface area contributed by atoms with Crippen molar-refractivity contribution < 1.29 is 14.3 Å². The van der Waals surface area contributed by atoms with Gasteiger partial charge < -0.3 is 15.3 Å². The van der Waals surface area contributed by atoms with E-state index in [2.05, 4.69) is 5.32 Å². The number of rotatable bonds is 4. The number of ether oxygens (including phenoxy) is 1. The molecule has 2 aromatic rings. The molecule has 0 saturated carbocycles. The number of aromatic nitrogens is 1. The number of nitrogens with one attached hydrogen (secondary N) is 1. The second-order valence-electron chi connectivity index (χ2n) is 4.52. The summed E-state index contributed by atoms with van der Waals surface area (Å²) in [6.07, 6.45) is 1.32. The van der Waals surface area contributed by atoms with Crippen molar-refractivity contribution in [2.75, 3.05) is 11.9 Å². The molecule has 0 aliphatic heterocycles. The molecular weight excluding hydrogens is 256 g/mol. The van der Waals surface area contributed by atoms with E-state index in [0.717, 1.165) is 16.8 Å². The molecule has 1 heterocycles. The van der Waals surface area contributed by atoms with Gasteiger partial charge in [-0.15, -0.1) is 4.73 Å². The number of carbonyl (C=O) groups excluding carboxylic acids is 1. The first-order valence-electron chi connectivity index (χ1n) is 6.24. The van der Waals surface area contributed by atoms with Crippen LogP contribution in [0.1, 0.15) is 11.1 Å². The number of carbonyl (C=O) groups is 1. The van der Waals surface area contributed by atoms with E-state index in [0.29, 0.717) is 4.73 Å². The zero-order valence-electron chi connectivity index (χ0n) is 11.4. The van der Waals surface area contributed by atoms with Gasteiger partial charge in [0.2, 0.25) is 0 Å². The number of pyridine rings is 1. The molecule has 0 atom stereocenters. The molecular formula is C15H16N2O3. The molecule has 1 amide bonds. The van der Waals surface area contributed by atoms with E-state index in [1.807, 2.05) is 32.0 Å². The van der Waals surface area contributed by atoms with Crippen molar-refractivity contribution in [1.82, 2.24) is 0 Å². The van der Waals surface area contributed by atoms with Crippen molar-refractivity contribution >= 4 is 11.6 Å². The predicted molar refractivity (Wildman–Crippen MR) is 75.4 cm³/mol. The van der Waals surface area contributed by atoms with Crippen molar-refractivity contribution in [3.63, 3.8) is 0 Å². The number of aryl methyl sites for hydroxylation is 2. The van der Waals surface area contributed by atoms with Crippen LogP contribution in [-0.4, -0.2) is 12.5 Å². The summed E-state index contributed by atoms with van der Waals surface area (Å²) in [5.41, 5.74) is 2.86. The smallest absolute Gasteiger partial charge is 0.379 e. The zero-order valence-corrected chi connectivity index (χ0v) is 11.4. The Morgan fingerprint density at radius 3 is 2.80 bits per heavy atom. The Hall–Kier alpha value is -2.56. The molecule has 0 fully saturated rings. The summed E-state index contributed by atoms with van der Waals surface area (Å²) in [6, 6.07) is 10.5. The Labute approximate surface area is 117 Å². The lowest BCUT2D eigenvalue weighted by molar-refractivity contribution is -0.612. The molecule has 1 aromatic heterocycles. The van der Waals surface area contributed by atoms with Gasteiger partial charge in [0.25, 0.3) is 5.91 Å². The third-order valence-corrected chi connectivity index (χ3v) is 2.80. The van der Waals surface area contributed by atoms with Gasteiger partial charge in [-0.25, -0.2) is 0 Å². The van der Waals surface area contributed by atoms with Crippen molar-refractivity contribution in [2.45, 2.75) is 13.8 Å².